The second-order valence-corrected chi connectivity index (χ2v) is 4.93. The van der Waals surface area contributed by atoms with E-state index in [4.69, 9.17) is 10.5 Å². The van der Waals surface area contributed by atoms with Crippen molar-refractivity contribution in [2.45, 2.75) is 32.3 Å². The van der Waals surface area contributed by atoms with Crippen LogP contribution in [0.5, 0.6) is 5.75 Å². The molecule has 0 saturated heterocycles. The molecule has 0 saturated carbocycles. The average molecular weight is 205 g/mol. The van der Waals surface area contributed by atoms with E-state index in [1.807, 2.05) is 12.1 Å². The lowest BCUT2D eigenvalue weighted by Crippen LogP contribution is -2.36. The summed E-state index contributed by atoms with van der Waals surface area (Å²) in [7, 11) is 0. The summed E-state index contributed by atoms with van der Waals surface area (Å²) in [5, 5.41) is 0. The summed E-state index contributed by atoms with van der Waals surface area (Å²) in [5.41, 5.74) is 6.94. The van der Waals surface area contributed by atoms with Crippen LogP contribution >= 0.6 is 0 Å². The van der Waals surface area contributed by atoms with Crippen LogP contribution in [0.25, 0.3) is 0 Å². The molecule has 2 N–H and O–H groups in total. The molecule has 2 atom stereocenters. The molecule has 0 radical (unpaired) electrons. The molecule has 2 rings (SSSR count). The van der Waals surface area contributed by atoms with E-state index in [0.29, 0.717) is 18.4 Å². The lowest BCUT2D eigenvalue weighted by molar-refractivity contribution is 0.0904. The molecular weight excluding hydrogens is 186 g/mol. The van der Waals surface area contributed by atoms with Crippen LogP contribution in [-0.4, -0.2) is 12.1 Å². The maximum absolute atomic E-state index is 5.97. The van der Waals surface area contributed by atoms with Crippen LogP contribution in [0.1, 0.15) is 32.3 Å². The van der Waals surface area contributed by atoms with Crippen LogP contribution in [-0.2, 0) is 0 Å². The standard InChI is InChI=1S/C13H19NO/c1-9(8-14)12-10-6-4-5-7-11(10)15-13(12,2)3/h4-7,9,12H,8,14H2,1-3H3. The number of nitrogens with two attached hydrogens (primary N) is 1. The SMILES string of the molecule is CC(CN)C1c2ccccc2OC1(C)C. The van der Waals surface area contributed by atoms with Gasteiger partial charge in [-0.15, -0.1) is 0 Å². The van der Waals surface area contributed by atoms with Crippen molar-refractivity contribution < 1.29 is 4.74 Å². The summed E-state index contributed by atoms with van der Waals surface area (Å²) < 4.78 is 5.97. The van der Waals surface area contributed by atoms with Crippen molar-refractivity contribution >= 4 is 0 Å². The molecule has 1 heterocycles. The van der Waals surface area contributed by atoms with Gasteiger partial charge in [0, 0.05) is 11.5 Å². The normalized spacial score (nSPS) is 24.4. The lowest BCUT2D eigenvalue weighted by Gasteiger charge is -2.30. The topological polar surface area (TPSA) is 35.2 Å². The van der Waals surface area contributed by atoms with Crippen molar-refractivity contribution in [3.8, 4) is 5.75 Å². The molecule has 0 fully saturated rings. The van der Waals surface area contributed by atoms with Gasteiger partial charge in [0.2, 0.25) is 0 Å². The van der Waals surface area contributed by atoms with Gasteiger partial charge in [0.15, 0.2) is 0 Å². The quantitative estimate of drug-likeness (QED) is 0.805. The van der Waals surface area contributed by atoms with Crippen LogP contribution in [0.2, 0.25) is 0 Å². The third kappa shape index (κ3) is 1.63. The Hall–Kier alpha value is -1.02. The Balaban J connectivity index is 2.43. The molecule has 1 aromatic carbocycles. The maximum atomic E-state index is 5.97. The zero-order chi connectivity index (χ0) is 11.1. The monoisotopic (exact) mass is 205 g/mol. The van der Waals surface area contributed by atoms with Gasteiger partial charge in [-0.25, -0.2) is 0 Å². The average Bonchev–Trinajstić information content (AvgIpc) is 2.46. The second-order valence-electron chi connectivity index (χ2n) is 4.93. The van der Waals surface area contributed by atoms with Crippen LogP contribution in [0.15, 0.2) is 24.3 Å². The minimum atomic E-state index is -0.136. The van der Waals surface area contributed by atoms with E-state index in [2.05, 4.69) is 32.9 Å². The molecule has 2 nitrogen and oxygen atoms in total. The van der Waals surface area contributed by atoms with Crippen LogP contribution < -0.4 is 10.5 Å². The fourth-order valence-corrected chi connectivity index (χ4v) is 2.68. The molecule has 0 amide bonds. The van der Waals surface area contributed by atoms with Gasteiger partial charge in [0.25, 0.3) is 0 Å². The van der Waals surface area contributed by atoms with Gasteiger partial charge >= 0.3 is 0 Å². The molecule has 82 valence electrons. The van der Waals surface area contributed by atoms with Crippen LogP contribution in [0.4, 0.5) is 0 Å². The van der Waals surface area contributed by atoms with E-state index in [9.17, 15) is 0 Å². The zero-order valence-corrected chi connectivity index (χ0v) is 9.66. The highest BCUT2D eigenvalue weighted by atomic mass is 16.5. The molecule has 0 aliphatic carbocycles. The highest BCUT2D eigenvalue weighted by Gasteiger charge is 2.43. The van der Waals surface area contributed by atoms with Gasteiger partial charge in [-0.3, -0.25) is 0 Å². The molecule has 0 aromatic heterocycles. The number of hydrogen-bond acceptors (Lipinski definition) is 2. The Kier molecular flexibility index (Phi) is 2.47. The van der Waals surface area contributed by atoms with Gasteiger partial charge < -0.3 is 10.5 Å². The summed E-state index contributed by atoms with van der Waals surface area (Å²) in [4.78, 5) is 0. The summed E-state index contributed by atoms with van der Waals surface area (Å²) >= 11 is 0. The van der Waals surface area contributed by atoms with E-state index >= 15 is 0 Å². The molecular formula is C13H19NO. The molecule has 2 unspecified atom stereocenters. The third-order valence-electron chi connectivity index (χ3n) is 3.32. The van der Waals surface area contributed by atoms with Gasteiger partial charge in [-0.2, -0.15) is 0 Å². The van der Waals surface area contributed by atoms with Gasteiger partial charge in [-0.05, 0) is 32.4 Å². The Morgan fingerprint density at radius 2 is 2.07 bits per heavy atom. The first-order chi connectivity index (χ1) is 7.06. The first-order valence-electron chi connectivity index (χ1n) is 5.54. The zero-order valence-electron chi connectivity index (χ0n) is 9.66. The summed E-state index contributed by atoms with van der Waals surface area (Å²) in [6, 6.07) is 8.28. The minimum absolute atomic E-state index is 0.136. The van der Waals surface area contributed by atoms with Crippen molar-refractivity contribution in [2.24, 2.45) is 11.7 Å². The summed E-state index contributed by atoms with van der Waals surface area (Å²) in [5.74, 6) is 1.87. The van der Waals surface area contributed by atoms with E-state index in [1.54, 1.807) is 0 Å². The van der Waals surface area contributed by atoms with Gasteiger partial charge in [-0.1, -0.05) is 25.1 Å². The van der Waals surface area contributed by atoms with Crippen molar-refractivity contribution in [1.29, 1.82) is 0 Å². The number of para-hydroxylation sites is 1. The van der Waals surface area contributed by atoms with Crippen molar-refractivity contribution in [1.82, 2.24) is 0 Å². The van der Waals surface area contributed by atoms with Crippen LogP contribution in [0, 0.1) is 5.92 Å². The second kappa shape index (κ2) is 3.53. The number of benzene rings is 1. The van der Waals surface area contributed by atoms with Gasteiger partial charge in [0.1, 0.15) is 11.4 Å². The van der Waals surface area contributed by atoms with E-state index in [0.717, 1.165) is 5.75 Å². The maximum Gasteiger partial charge on any atom is 0.123 e. The molecule has 0 bridgehead atoms. The van der Waals surface area contributed by atoms with E-state index in [-0.39, 0.29) is 5.60 Å². The van der Waals surface area contributed by atoms with Crippen molar-refractivity contribution in [3.05, 3.63) is 29.8 Å². The lowest BCUT2D eigenvalue weighted by atomic mass is 9.78. The Bertz CT molecular complexity index is 359. The first-order valence-corrected chi connectivity index (χ1v) is 5.54. The molecule has 2 heteroatoms. The number of fused-ring (bicyclic) bond motifs is 1. The third-order valence-corrected chi connectivity index (χ3v) is 3.32. The van der Waals surface area contributed by atoms with E-state index in [1.165, 1.54) is 5.56 Å². The number of rotatable bonds is 2. The minimum Gasteiger partial charge on any atom is -0.487 e. The molecule has 1 aliphatic rings. The highest BCUT2D eigenvalue weighted by Crippen LogP contribution is 2.47. The van der Waals surface area contributed by atoms with E-state index < -0.39 is 0 Å². The highest BCUT2D eigenvalue weighted by molar-refractivity contribution is 5.43. The van der Waals surface area contributed by atoms with Crippen LogP contribution in [0.3, 0.4) is 0 Å². The van der Waals surface area contributed by atoms with Gasteiger partial charge in [0.05, 0.1) is 0 Å². The molecule has 15 heavy (non-hydrogen) atoms. The molecule has 1 aromatic rings. The smallest absolute Gasteiger partial charge is 0.123 e. The molecule has 1 aliphatic heterocycles. The predicted octanol–water partition coefficient (Wildman–Crippen LogP) is 2.54. The summed E-state index contributed by atoms with van der Waals surface area (Å²) in [6.45, 7) is 7.18. The van der Waals surface area contributed by atoms with Crippen molar-refractivity contribution in [2.75, 3.05) is 6.54 Å². The Morgan fingerprint density at radius 3 is 2.73 bits per heavy atom. The largest absolute Gasteiger partial charge is 0.487 e. The number of hydrogen-bond donors (Lipinski definition) is 1. The Labute approximate surface area is 91.4 Å². The number of ether oxygens (including phenoxy) is 1. The summed E-state index contributed by atoms with van der Waals surface area (Å²) in [6.07, 6.45) is 0. The first kappa shape index (κ1) is 10.5. The Morgan fingerprint density at radius 1 is 1.40 bits per heavy atom. The fourth-order valence-electron chi connectivity index (χ4n) is 2.68. The fraction of sp³-hybridized carbons (Fsp3) is 0.538. The predicted molar refractivity (Wildman–Crippen MR) is 62.1 cm³/mol. The molecule has 0 spiro atoms. The van der Waals surface area contributed by atoms with Crippen molar-refractivity contribution in [3.63, 3.8) is 0 Å².